The van der Waals surface area contributed by atoms with Gasteiger partial charge in [-0.15, -0.1) is 0 Å². The molecule has 1 aliphatic rings. The number of benzene rings is 2. The second kappa shape index (κ2) is 5.10. The fraction of sp³-hybridized carbons (Fsp3) is 0.125. The van der Waals surface area contributed by atoms with Gasteiger partial charge < -0.3 is 5.73 Å². The van der Waals surface area contributed by atoms with Crippen molar-refractivity contribution >= 4 is 17.5 Å². The summed E-state index contributed by atoms with van der Waals surface area (Å²) < 4.78 is 13.8. The normalized spacial score (nSPS) is 14.3. The molecule has 2 aromatic rings. The predicted molar refractivity (Wildman–Crippen MR) is 76.3 cm³/mol. The van der Waals surface area contributed by atoms with Crippen LogP contribution >= 0.6 is 0 Å². The Morgan fingerprint density at radius 2 is 1.86 bits per heavy atom. The summed E-state index contributed by atoms with van der Waals surface area (Å²) in [5, 5.41) is 0. The number of anilines is 1. The van der Waals surface area contributed by atoms with Crippen molar-refractivity contribution in [1.29, 1.82) is 0 Å². The van der Waals surface area contributed by atoms with Crippen molar-refractivity contribution in [2.24, 2.45) is 5.73 Å². The SMILES string of the molecule is NCc1c(F)cccc1N1C(=O)Cc2ccccc2C1=O. The van der Waals surface area contributed by atoms with Crippen LogP contribution in [0.1, 0.15) is 21.5 Å². The molecule has 2 N–H and O–H groups in total. The van der Waals surface area contributed by atoms with Crippen molar-refractivity contribution in [3.05, 3.63) is 65.0 Å². The lowest BCUT2D eigenvalue weighted by molar-refractivity contribution is -0.117. The number of hydrogen-bond acceptors (Lipinski definition) is 3. The maximum absolute atomic E-state index is 13.8. The Balaban J connectivity index is 2.14. The van der Waals surface area contributed by atoms with Crippen molar-refractivity contribution < 1.29 is 14.0 Å². The predicted octanol–water partition coefficient (Wildman–Crippen LogP) is 2.01. The third-order valence-corrected chi connectivity index (χ3v) is 3.58. The summed E-state index contributed by atoms with van der Waals surface area (Å²) in [6, 6.07) is 11.2. The summed E-state index contributed by atoms with van der Waals surface area (Å²) in [5.41, 5.74) is 7.10. The van der Waals surface area contributed by atoms with Crippen LogP contribution in [0.3, 0.4) is 0 Å². The van der Waals surface area contributed by atoms with E-state index in [0.29, 0.717) is 11.1 Å². The van der Waals surface area contributed by atoms with Crippen LogP contribution in [0.25, 0.3) is 0 Å². The zero-order valence-corrected chi connectivity index (χ0v) is 11.2. The Morgan fingerprint density at radius 3 is 2.62 bits per heavy atom. The number of rotatable bonds is 2. The number of carbonyl (C=O) groups is 2. The Hall–Kier alpha value is -2.53. The third-order valence-electron chi connectivity index (χ3n) is 3.58. The van der Waals surface area contributed by atoms with Crippen molar-refractivity contribution in [2.75, 3.05) is 4.90 Å². The molecular weight excluding hydrogens is 271 g/mol. The molecule has 0 spiro atoms. The molecular formula is C16H13FN2O2. The van der Waals surface area contributed by atoms with Crippen LogP contribution in [0.5, 0.6) is 0 Å². The van der Waals surface area contributed by atoms with Gasteiger partial charge in [0, 0.05) is 17.7 Å². The third kappa shape index (κ3) is 2.11. The number of nitrogens with two attached hydrogens (primary N) is 1. The maximum atomic E-state index is 13.8. The number of amides is 2. The van der Waals surface area contributed by atoms with E-state index in [0.717, 1.165) is 4.90 Å². The number of hydrogen-bond donors (Lipinski definition) is 1. The highest BCUT2D eigenvalue weighted by atomic mass is 19.1. The minimum absolute atomic E-state index is 0.0826. The zero-order chi connectivity index (χ0) is 15.0. The summed E-state index contributed by atoms with van der Waals surface area (Å²) in [4.78, 5) is 25.9. The first kappa shape index (κ1) is 13.5. The van der Waals surface area contributed by atoms with E-state index in [1.807, 2.05) is 0 Å². The first-order valence-electron chi connectivity index (χ1n) is 6.56. The van der Waals surface area contributed by atoms with Crippen LogP contribution < -0.4 is 10.6 Å². The lowest BCUT2D eigenvalue weighted by Crippen LogP contribution is -2.43. The Labute approximate surface area is 121 Å². The van der Waals surface area contributed by atoms with Crippen molar-refractivity contribution in [3.8, 4) is 0 Å². The average molecular weight is 284 g/mol. The smallest absolute Gasteiger partial charge is 0.265 e. The molecule has 1 aliphatic heterocycles. The Bertz CT molecular complexity index is 743. The van der Waals surface area contributed by atoms with E-state index in [1.54, 1.807) is 24.3 Å². The number of carbonyl (C=O) groups excluding carboxylic acids is 2. The van der Waals surface area contributed by atoms with Gasteiger partial charge in [0.15, 0.2) is 0 Å². The quantitative estimate of drug-likeness (QED) is 0.858. The molecule has 5 heteroatoms. The second-order valence-corrected chi connectivity index (χ2v) is 4.81. The molecule has 0 radical (unpaired) electrons. The molecule has 106 valence electrons. The lowest BCUT2D eigenvalue weighted by atomic mass is 9.97. The van der Waals surface area contributed by atoms with Gasteiger partial charge in [0.05, 0.1) is 12.1 Å². The van der Waals surface area contributed by atoms with Crippen molar-refractivity contribution in [1.82, 2.24) is 0 Å². The van der Waals surface area contributed by atoms with E-state index in [4.69, 9.17) is 5.73 Å². The van der Waals surface area contributed by atoms with Gasteiger partial charge in [-0.2, -0.15) is 0 Å². The fourth-order valence-electron chi connectivity index (χ4n) is 2.56. The minimum atomic E-state index is -0.519. The van der Waals surface area contributed by atoms with Crippen LogP contribution in [0.15, 0.2) is 42.5 Å². The molecule has 0 saturated heterocycles. The molecule has 2 amide bonds. The van der Waals surface area contributed by atoms with Gasteiger partial charge in [0.1, 0.15) is 5.82 Å². The molecule has 0 bridgehead atoms. The molecule has 0 aromatic heterocycles. The molecule has 3 rings (SSSR count). The van der Waals surface area contributed by atoms with Gasteiger partial charge in [-0.05, 0) is 23.8 Å². The van der Waals surface area contributed by atoms with Gasteiger partial charge in [0.25, 0.3) is 5.91 Å². The van der Waals surface area contributed by atoms with Crippen LogP contribution in [0.4, 0.5) is 10.1 Å². The van der Waals surface area contributed by atoms with Crippen molar-refractivity contribution in [3.63, 3.8) is 0 Å². The largest absolute Gasteiger partial charge is 0.326 e. The summed E-state index contributed by atoms with van der Waals surface area (Å²) in [6.07, 6.45) is 0.114. The highest BCUT2D eigenvalue weighted by molar-refractivity contribution is 6.24. The topological polar surface area (TPSA) is 63.4 Å². The monoisotopic (exact) mass is 284 g/mol. The molecule has 0 aliphatic carbocycles. The van der Waals surface area contributed by atoms with Gasteiger partial charge in [-0.3, -0.25) is 9.59 Å². The van der Waals surface area contributed by atoms with Gasteiger partial charge in [-0.25, -0.2) is 9.29 Å². The molecule has 21 heavy (non-hydrogen) atoms. The first-order valence-corrected chi connectivity index (χ1v) is 6.56. The molecule has 4 nitrogen and oxygen atoms in total. The van der Waals surface area contributed by atoms with Crippen LogP contribution in [0, 0.1) is 5.82 Å². The standard InChI is InChI=1S/C16H13FN2O2/c17-13-6-3-7-14(12(13)9-18)19-15(20)8-10-4-1-2-5-11(10)16(19)21/h1-7H,8-9,18H2. The first-order chi connectivity index (χ1) is 10.1. The minimum Gasteiger partial charge on any atom is -0.326 e. The van der Waals surface area contributed by atoms with E-state index in [2.05, 4.69) is 0 Å². The van der Waals surface area contributed by atoms with Gasteiger partial charge in [-0.1, -0.05) is 24.3 Å². The van der Waals surface area contributed by atoms with Crippen molar-refractivity contribution in [2.45, 2.75) is 13.0 Å². The second-order valence-electron chi connectivity index (χ2n) is 4.81. The Morgan fingerprint density at radius 1 is 1.10 bits per heavy atom. The maximum Gasteiger partial charge on any atom is 0.265 e. The van der Waals surface area contributed by atoms with E-state index in [1.165, 1.54) is 18.2 Å². The fourth-order valence-corrected chi connectivity index (χ4v) is 2.56. The molecule has 1 heterocycles. The van der Waals surface area contributed by atoms with Crippen LogP contribution in [0.2, 0.25) is 0 Å². The molecule has 0 saturated carbocycles. The molecule has 0 fully saturated rings. The molecule has 0 atom stereocenters. The number of imide groups is 1. The van der Waals surface area contributed by atoms with E-state index < -0.39 is 11.7 Å². The summed E-state index contributed by atoms with van der Waals surface area (Å²) in [7, 11) is 0. The van der Waals surface area contributed by atoms with E-state index in [-0.39, 0.29) is 30.1 Å². The van der Waals surface area contributed by atoms with Crippen LogP contribution in [-0.4, -0.2) is 11.8 Å². The number of halogens is 1. The molecule has 2 aromatic carbocycles. The van der Waals surface area contributed by atoms with E-state index in [9.17, 15) is 14.0 Å². The lowest BCUT2D eigenvalue weighted by Gasteiger charge is -2.28. The summed E-state index contributed by atoms with van der Waals surface area (Å²) >= 11 is 0. The number of nitrogens with zero attached hydrogens (tertiary/aromatic N) is 1. The summed E-state index contributed by atoms with van der Waals surface area (Å²) in [5.74, 6) is -1.34. The molecule has 0 unspecified atom stereocenters. The van der Waals surface area contributed by atoms with Gasteiger partial charge >= 0.3 is 0 Å². The highest BCUT2D eigenvalue weighted by Crippen LogP contribution is 2.29. The van der Waals surface area contributed by atoms with Gasteiger partial charge in [0.2, 0.25) is 5.91 Å². The highest BCUT2D eigenvalue weighted by Gasteiger charge is 2.33. The summed E-state index contributed by atoms with van der Waals surface area (Å²) in [6.45, 7) is -0.0826. The number of fused-ring (bicyclic) bond motifs is 1. The van der Waals surface area contributed by atoms with E-state index >= 15 is 0 Å². The average Bonchev–Trinajstić information content (AvgIpc) is 2.47. The Kier molecular flexibility index (Phi) is 3.27. The van der Waals surface area contributed by atoms with Crippen LogP contribution in [-0.2, 0) is 17.8 Å². The zero-order valence-electron chi connectivity index (χ0n) is 11.2.